The van der Waals surface area contributed by atoms with E-state index in [4.69, 9.17) is 9.84 Å². The fourth-order valence-corrected chi connectivity index (χ4v) is 2.25. The Hall–Kier alpha value is -3.43. The van der Waals surface area contributed by atoms with E-state index < -0.39 is 23.0 Å². The minimum absolute atomic E-state index is 0.180. The van der Waals surface area contributed by atoms with Crippen LogP contribution >= 0.6 is 0 Å². The van der Waals surface area contributed by atoms with Gasteiger partial charge in [0.15, 0.2) is 6.61 Å². The topological polar surface area (TPSA) is 137 Å². The molecule has 0 saturated heterocycles. The Bertz CT molecular complexity index is 828. The first-order valence-corrected chi connectivity index (χ1v) is 8.11. The number of nitrogens with one attached hydrogen (secondary N) is 1. The summed E-state index contributed by atoms with van der Waals surface area (Å²) in [6, 6.07) is 6.89. The molecule has 0 fully saturated rings. The van der Waals surface area contributed by atoms with Crippen molar-refractivity contribution in [3.8, 4) is 5.75 Å². The number of aliphatic carboxylic acids is 1. The highest BCUT2D eigenvalue weighted by Gasteiger charge is 2.31. The number of nitro groups is 1. The molecular formula is C17H20N4O6. The molecule has 0 aliphatic rings. The van der Waals surface area contributed by atoms with Crippen LogP contribution in [-0.2, 0) is 21.5 Å². The first-order valence-electron chi connectivity index (χ1n) is 8.11. The van der Waals surface area contributed by atoms with Gasteiger partial charge in [0.1, 0.15) is 23.7 Å². The van der Waals surface area contributed by atoms with Gasteiger partial charge < -0.3 is 15.2 Å². The Morgan fingerprint density at radius 3 is 2.56 bits per heavy atom. The van der Waals surface area contributed by atoms with Crippen LogP contribution in [0.3, 0.4) is 0 Å². The van der Waals surface area contributed by atoms with Crippen molar-refractivity contribution >= 4 is 17.6 Å². The van der Waals surface area contributed by atoms with E-state index in [2.05, 4.69) is 10.4 Å². The fourth-order valence-electron chi connectivity index (χ4n) is 2.25. The van der Waals surface area contributed by atoms with Gasteiger partial charge in [-0.25, -0.2) is 4.79 Å². The van der Waals surface area contributed by atoms with E-state index in [1.54, 1.807) is 38.1 Å². The predicted molar refractivity (Wildman–Crippen MR) is 94.5 cm³/mol. The summed E-state index contributed by atoms with van der Waals surface area (Å²) in [5.41, 5.74) is -0.324. The Morgan fingerprint density at radius 2 is 2.00 bits per heavy atom. The number of nitrogens with zero attached hydrogens (tertiary/aromatic N) is 3. The van der Waals surface area contributed by atoms with E-state index >= 15 is 0 Å². The van der Waals surface area contributed by atoms with Crippen LogP contribution in [0.2, 0.25) is 0 Å². The van der Waals surface area contributed by atoms with Gasteiger partial charge in [0.05, 0.1) is 4.92 Å². The molecule has 1 aromatic heterocycles. The molecule has 0 saturated carbocycles. The molecule has 0 aliphatic heterocycles. The maximum atomic E-state index is 12.4. The van der Waals surface area contributed by atoms with E-state index in [1.165, 1.54) is 10.9 Å². The number of benzene rings is 1. The van der Waals surface area contributed by atoms with Crippen molar-refractivity contribution in [2.75, 3.05) is 13.2 Å². The Kier molecular flexibility index (Phi) is 6.11. The van der Waals surface area contributed by atoms with E-state index in [-0.39, 0.29) is 11.6 Å². The van der Waals surface area contributed by atoms with Crippen LogP contribution in [0.15, 0.2) is 36.7 Å². The first-order chi connectivity index (χ1) is 12.7. The zero-order valence-corrected chi connectivity index (χ0v) is 14.9. The Balaban J connectivity index is 1.87. The first kappa shape index (κ1) is 19.9. The number of hydrogen-bond acceptors (Lipinski definition) is 6. The van der Waals surface area contributed by atoms with Crippen LogP contribution in [0, 0.1) is 10.1 Å². The second-order valence-corrected chi connectivity index (χ2v) is 6.29. The smallest absolute Gasteiger partial charge is 0.341 e. The van der Waals surface area contributed by atoms with Crippen LogP contribution < -0.4 is 10.1 Å². The number of hydrogen-bond donors (Lipinski definition) is 2. The van der Waals surface area contributed by atoms with Gasteiger partial charge in [-0.3, -0.25) is 19.6 Å². The van der Waals surface area contributed by atoms with Gasteiger partial charge in [-0.05, 0) is 38.0 Å². The van der Waals surface area contributed by atoms with Gasteiger partial charge in [-0.1, -0.05) is 12.1 Å². The molecule has 0 unspecified atom stereocenters. The number of carbonyl (C=O) groups excluding carboxylic acids is 1. The number of rotatable bonds is 9. The van der Waals surface area contributed by atoms with E-state index in [9.17, 15) is 19.7 Å². The average molecular weight is 376 g/mol. The van der Waals surface area contributed by atoms with Crippen molar-refractivity contribution in [2.24, 2.45) is 0 Å². The van der Waals surface area contributed by atoms with Crippen molar-refractivity contribution in [3.63, 3.8) is 0 Å². The van der Waals surface area contributed by atoms with E-state index in [1.807, 2.05) is 0 Å². The number of ether oxygens (including phenoxy) is 1. The SMILES string of the molecule is CC(C)(C(=O)NCCc1ccc(OCC(=O)O)cc1)n1cc([N+](=O)[O-])cn1. The highest BCUT2D eigenvalue weighted by atomic mass is 16.6. The summed E-state index contributed by atoms with van der Waals surface area (Å²) in [7, 11) is 0. The van der Waals surface area contributed by atoms with Gasteiger partial charge in [0.2, 0.25) is 5.91 Å². The molecule has 2 N–H and O–H groups in total. The molecule has 1 heterocycles. The summed E-state index contributed by atoms with van der Waals surface area (Å²) in [5, 5.41) is 26.0. The summed E-state index contributed by atoms with van der Waals surface area (Å²) in [6.45, 7) is 3.19. The van der Waals surface area contributed by atoms with Crippen LogP contribution in [0.1, 0.15) is 19.4 Å². The highest BCUT2D eigenvalue weighted by Crippen LogP contribution is 2.18. The highest BCUT2D eigenvalue weighted by molar-refractivity contribution is 5.83. The number of aromatic nitrogens is 2. The molecular weight excluding hydrogens is 356 g/mol. The summed E-state index contributed by atoms with van der Waals surface area (Å²) in [5.74, 6) is -0.916. The third-order valence-electron chi connectivity index (χ3n) is 3.89. The number of carboxylic acid groups (broad SMARTS) is 1. The molecule has 1 aromatic carbocycles. The van der Waals surface area contributed by atoms with E-state index in [0.717, 1.165) is 11.8 Å². The molecule has 1 amide bonds. The van der Waals surface area contributed by atoms with Gasteiger partial charge in [-0.15, -0.1) is 0 Å². The summed E-state index contributed by atoms with van der Waals surface area (Å²) in [4.78, 5) is 33.1. The molecule has 2 aromatic rings. The lowest BCUT2D eigenvalue weighted by Crippen LogP contribution is -2.45. The lowest BCUT2D eigenvalue weighted by atomic mass is 10.0. The van der Waals surface area contributed by atoms with Gasteiger partial charge in [0, 0.05) is 6.54 Å². The van der Waals surface area contributed by atoms with Gasteiger partial charge in [0.25, 0.3) is 0 Å². The monoisotopic (exact) mass is 376 g/mol. The van der Waals surface area contributed by atoms with Crippen molar-refractivity contribution in [1.82, 2.24) is 15.1 Å². The lowest BCUT2D eigenvalue weighted by Gasteiger charge is -2.23. The van der Waals surface area contributed by atoms with Crippen molar-refractivity contribution in [2.45, 2.75) is 25.8 Å². The molecule has 2 rings (SSSR count). The average Bonchev–Trinajstić information content (AvgIpc) is 3.12. The maximum absolute atomic E-state index is 12.4. The molecule has 0 radical (unpaired) electrons. The van der Waals surface area contributed by atoms with Crippen molar-refractivity contribution < 1.29 is 24.4 Å². The third kappa shape index (κ3) is 5.27. The maximum Gasteiger partial charge on any atom is 0.341 e. The lowest BCUT2D eigenvalue weighted by molar-refractivity contribution is -0.385. The van der Waals surface area contributed by atoms with Gasteiger partial charge in [-0.2, -0.15) is 5.10 Å². The quantitative estimate of drug-likeness (QED) is 0.498. The Morgan fingerprint density at radius 1 is 1.33 bits per heavy atom. The number of carbonyl (C=O) groups is 2. The van der Waals surface area contributed by atoms with Gasteiger partial charge >= 0.3 is 11.7 Å². The minimum atomic E-state index is -1.08. The molecule has 0 atom stereocenters. The fraction of sp³-hybridized carbons (Fsp3) is 0.353. The minimum Gasteiger partial charge on any atom is -0.482 e. The summed E-state index contributed by atoms with van der Waals surface area (Å²) in [6.07, 6.45) is 2.87. The molecule has 27 heavy (non-hydrogen) atoms. The zero-order chi connectivity index (χ0) is 20.0. The van der Waals surface area contributed by atoms with Crippen LogP contribution in [-0.4, -0.2) is 44.8 Å². The summed E-state index contributed by atoms with van der Waals surface area (Å²) >= 11 is 0. The van der Waals surface area contributed by atoms with Crippen molar-refractivity contribution in [3.05, 3.63) is 52.3 Å². The molecule has 144 valence electrons. The van der Waals surface area contributed by atoms with E-state index in [0.29, 0.717) is 18.7 Å². The Labute approximate surface area is 154 Å². The second-order valence-electron chi connectivity index (χ2n) is 6.29. The second kappa shape index (κ2) is 8.30. The number of carboxylic acids is 1. The van der Waals surface area contributed by atoms with Crippen LogP contribution in [0.25, 0.3) is 0 Å². The number of amides is 1. The molecule has 0 aliphatic carbocycles. The predicted octanol–water partition coefficient (Wildman–Crippen LogP) is 1.35. The molecule has 0 bridgehead atoms. The molecule has 0 spiro atoms. The third-order valence-corrected chi connectivity index (χ3v) is 3.89. The van der Waals surface area contributed by atoms with Crippen LogP contribution in [0.5, 0.6) is 5.75 Å². The molecule has 10 nitrogen and oxygen atoms in total. The van der Waals surface area contributed by atoms with Crippen LogP contribution in [0.4, 0.5) is 5.69 Å². The van der Waals surface area contributed by atoms with Crippen molar-refractivity contribution in [1.29, 1.82) is 0 Å². The zero-order valence-electron chi connectivity index (χ0n) is 14.9. The normalized spacial score (nSPS) is 11.0. The standard InChI is InChI=1S/C17H20N4O6/c1-17(2,20-10-13(9-19-20)21(25)26)16(24)18-8-7-12-3-5-14(6-4-12)27-11-15(22)23/h3-6,9-10H,7-8,11H2,1-2H3,(H,18,24)(H,22,23). The summed E-state index contributed by atoms with van der Waals surface area (Å²) < 4.78 is 6.31. The molecule has 10 heteroatoms. The largest absolute Gasteiger partial charge is 0.482 e.